The van der Waals surface area contributed by atoms with Gasteiger partial charge in [-0.15, -0.1) is 0 Å². The van der Waals surface area contributed by atoms with Crippen LogP contribution in [0.4, 0.5) is 5.69 Å². The topological polar surface area (TPSA) is 95.5 Å². The summed E-state index contributed by atoms with van der Waals surface area (Å²) in [6, 6.07) is 8.69. The van der Waals surface area contributed by atoms with Gasteiger partial charge < -0.3 is 15.7 Å². The lowest BCUT2D eigenvalue weighted by atomic mass is 9.89. The molecule has 6 heteroatoms. The Hall–Kier alpha value is -2.63. The first kappa shape index (κ1) is 13.8. The number of amides is 2. The number of carboxylic acids is 1. The van der Waals surface area contributed by atoms with E-state index >= 15 is 0 Å². The van der Waals surface area contributed by atoms with Gasteiger partial charge in [-0.25, -0.2) is 4.79 Å². The van der Waals surface area contributed by atoms with Gasteiger partial charge in [-0.05, 0) is 19.1 Å². The maximum Gasteiger partial charge on any atom is 0.334 e. The quantitative estimate of drug-likeness (QED) is 0.769. The molecular formula is C14H14N2O4. The fourth-order valence-electron chi connectivity index (χ4n) is 2.16. The van der Waals surface area contributed by atoms with Gasteiger partial charge >= 0.3 is 5.97 Å². The third-order valence-corrected chi connectivity index (χ3v) is 3.06. The van der Waals surface area contributed by atoms with Crippen LogP contribution in [0.5, 0.6) is 0 Å². The van der Waals surface area contributed by atoms with Gasteiger partial charge in [0.05, 0.1) is 11.5 Å². The lowest BCUT2D eigenvalue weighted by Crippen LogP contribution is -2.39. The van der Waals surface area contributed by atoms with E-state index in [1.54, 1.807) is 30.3 Å². The van der Waals surface area contributed by atoms with Crippen molar-refractivity contribution in [3.05, 3.63) is 41.6 Å². The molecule has 1 aliphatic heterocycles. The van der Waals surface area contributed by atoms with Gasteiger partial charge in [-0.2, -0.15) is 0 Å². The number of nitrogens with one attached hydrogen (secondary N) is 2. The zero-order chi connectivity index (χ0) is 14.7. The number of carboxylic acid groups (broad SMARTS) is 1. The van der Waals surface area contributed by atoms with Crippen LogP contribution in [0, 0.1) is 5.92 Å². The van der Waals surface area contributed by atoms with Gasteiger partial charge in [0, 0.05) is 17.8 Å². The summed E-state index contributed by atoms with van der Waals surface area (Å²) >= 11 is 0. The van der Waals surface area contributed by atoms with Crippen LogP contribution >= 0.6 is 0 Å². The lowest BCUT2D eigenvalue weighted by molar-refractivity contribution is -0.136. The second-order valence-electron chi connectivity index (χ2n) is 4.50. The Bertz CT molecular complexity index is 592. The zero-order valence-electron chi connectivity index (χ0n) is 10.8. The maximum absolute atomic E-state index is 12.2. The van der Waals surface area contributed by atoms with E-state index < -0.39 is 17.8 Å². The summed E-state index contributed by atoms with van der Waals surface area (Å²) in [4.78, 5) is 34.9. The molecule has 20 heavy (non-hydrogen) atoms. The number of carbonyl (C=O) groups is 3. The summed E-state index contributed by atoms with van der Waals surface area (Å²) in [5.41, 5.74) is 0.700. The summed E-state index contributed by atoms with van der Waals surface area (Å²) in [7, 11) is 0. The molecule has 3 N–H and O–H groups in total. The Morgan fingerprint density at radius 3 is 2.55 bits per heavy atom. The summed E-state index contributed by atoms with van der Waals surface area (Å²) in [5, 5.41) is 14.3. The fraction of sp³-hybridized carbons (Fsp3) is 0.214. The normalized spacial score (nSPS) is 18.4. The molecule has 2 rings (SSSR count). The van der Waals surface area contributed by atoms with Gasteiger partial charge in [-0.3, -0.25) is 9.59 Å². The highest BCUT2D eigenvalue weighted by Crippen LogP contribution is 2.24. The number of aliphatic carboxylic acids is 1. The van der Waals surface area contributed by atoms with Crippen LogP contribution in [0.2, 0.25) is 0 Å². The van der Waals surface area contributed by atoms with E-state index in [-0.39, 0.29) is 23.6 Å². The molecule has 1 atom stereocenters. The molecule has 0 radical (unpaired) electrons. The molecule has 1 aromatic carbocycles. The fourth-order valence-corrected chi connectivity index (χ4v) is 2.16. The Balaban J connectivity index is 2.25. The first-order chi connectivity index (χ1) is 9.49. The predicted octanol–water partition coefficient (Wildman–Crippen LogP) is 1.12. The van der Waals surface area contributed by atoms with Crippen LogP contribution < -0.4 is 10.6 Å². The first-order valence-electron chi connectivity index (χ1n) is 6.09. The minimum atomic E-state index is -1.20. The molecule has 0 aromatic heterocycles. The van der Waals surface area contributed by atoms with E-state index in [1.807, 2.05) is 0 Å². The van der Waals surface area contributed by atoms with Gasteiger partial charge in [0.15, 0.2) is 0 Å². The highest BCUT2D eigenvalue weighted by Gasteiger charge is 2.35. The highest BCUT2D eigenvalue weighted by molar-refractivity contribution is 6.05. The number of para-hydroxylation sites is 1. The summed E-state index contributed by atoms with van der Waals surface area (Å²) < 4.78 is 0. The molecule has 1 heterocycles. The molecule has 2 amide bonds. The molecule has 0 fully saturated rings. The van der Waals surface area contributed by atoms with Crippen molar-refractivity contribution in [1.29, 1.82) is 0 Å². The van der Waals surface area contributed by atoms with Gasteiger partial charge in [0.25, 0.3) is 0 Å². The molecule has 0 saturated heterocycles. The summed E-state index contributed by atoms with van der Waals surface area (Å²) in [6.07, 6.45) is -0.169. The summed E-state index contributed by atoms with van der Waals surface area (Å²) in [5.74, 6) is -3.04. The van der Waals surface area contributed by atoms with Crippen molar-refractivity contribution in [3.8, 4) is 0 Å². The van der Waals surface area contributed by atoms with E-state index in [0.29, 0.717) is 5.69 Å². The highest BCUT2D eigenvalue weighted by atomic mass is 16.4. The molecular weight excluding hydrogens is 260 g/mol. The van der Waals surface area contributed by atoms with Gasteiger partial charge in [0.2, 0.25) is 11.8 Å². The van der Waals surface area contributed by atoms with E-state index in [4.69, 9.17) is 0 Å². The Morgan fingerprint density at radius 1 is 1.30 bits per heavy atom. The molecule has 0 unspecified atom stereocenters. The monoisotopic (exact) mass is 274 g/mol. The Morgan fingerprint density at radius 2 is 1.95 bits per heavy atom. The smallest absolute Gasteiger partial charge is 0.334 e. The average Bonchev–Trinajstić information content (AvgIpc) is 2.38. The van der Waals surface area contributed by atoms with Crippen molar-refractivity contribution in [1.82, 2.24) is 5.32 Å². The molecule has 104 valence electrons. The van der Waals surface area contributed by atoms with E-state index in [1.165, 1.54) is 6.92 Å². The predicted molar refractivity (Wildman–Crippen MR) is 71.7 cm³/mol. The second-order valence-corrected chi connectivity index (χ2v) is 4.50. The van der Waals surface area contributed by atoms with Crippen molar-refractivity contribution in [2.45, 2.75) is 13.3 Å². The van der Waals surface area contributed by atoms with Crippen LogP contribution in [0.25, 0.3) is 0 Å². The van der Waals surface area contributed by atoms with Crippen LogP contribution in [-0.4, -0.2) is 22.9 Å². The third kappa shape index (κ3) is 2.85. The minimum absolute atomic E-state index is 0.0713. The van der Waals surface area contributed by atoms with Crippen molar-refractivity contribution in [3.63, 3.8) is 0 Å². The number of allylic oxidation sites excluding steroid dienone is 1. The number of hydrogen-bond donors (Lipinski definition) is 3. The van der Waals surface area contributed by atoms with Crippen molar-refractivity contribution in [2.24, 2.45) is 5.92 Å². The molecule has 0 bridgehead atoms. The molecule has 0 aliphatic carbocycles. The van der Waals surface area contributed by atoms with Crippen LogP contribution in [0.15, 0.2) is 41.6 Å². The van der Waals surface area contributed by atoms with Crippen molar-refractivity contribution < 1.29 is 19.5 Å². The van der Waals surface area contributed by atoms with E-state index in [2.05, 4.69) is 10.6 Å². The Labute approximate surface area is 115 Å². The van der Waals surface area contributed by atoms with Gasteiger partial charge in [0.1, 0.15) is 0 Å². The van der Waals surface area contributed by atoms with Gasteiger partial charge in [-0.1, -0.05) is 18.2 Å². The minimum Gasteiger partial charge on any atom is -0.478 e. The van der Waals surface area contributed by atoms with E-state index in [9.17, 15) is 19.5 Å². The number of rotatable bonds is 3. The zero-order valence-corrected chi connectivity index (χ0v) is 10.8. The Kier molecular flexibility index (Phi) is 3.84. The van der Waals surface area contributed by atoms with Crippen molar-refractivity contribution >= 4 is 23.5 Å². The standard InChI is InChI=1S/C14H14N2O4/c1-8-12(14(19)20)10(7-11(17)15-8)13(18)16-9-5-3-2-4-6-9/h2-6,10H,7H2,1H3,(H,15,17)(H,16,18)(H,19,20)/t10-/m0/s1. The van der Waals surface area contributed by atoms with E-state index in [0.717, 1.165) is 0 Å². The average molecular weight is 274 g/mol. The molecule has 1 aliphatic rings. The lowest BCUT2D eigenvalue weighted by Gasteiger charge is -2.24. The first-order valence-corrected chi connectivity index (χ1v) is 6.09. The molecule has 1 aromatic rings. The number of anilines is 1. The van der Waals surface area contributed by atoms with Crippen LogP contribution in [0.3, 0.4) is 0 Å². The molecule has 0 spiro atoms. The SMILES string of the molecule is CC1=C(C(=O)O)[C@@H](C(=O)Nc2ccccc2)CC(=O)N1. The van der Waals surface area contributed by atoms with Crippen molar-refractivity contribution in [2.75, 3.05) is 5.32 Å². The summed E-state index contributed by atoms with van der Waals surface area (Å²) in [6.45, 7) is 1.48. The number of benzene rings is 1. The molecule has 6 nitrogen and oxygen atoms in total. The third-order valence-electron chi connectivity index (χ3n) is 3.06. The van der Waals surface area contributed by atoms with Crippen LogP contribution in [0.1, 0.15) is 13.3 Å². The number of carbonyl (C=O) groups excluding carboxylic acids is 2. The molecule has 0 saturated carbocycles. The number of hydrogen-bond acceptors (Lipinski definition) is 3. The maximum atomic E-state index is 12.2. The van der Waals surface area contributed by atoms with Crippen LogP contribution in [-0.2, 0) is 14.4 Å². The largest absolute Gasteiger partial charge is 0.478 e. The second kappa shape index (κ2) is 5.56.